The van der Waals surface area contributed by atoms with Crippen molar-refractivity contribution in [3.8, 4) is 11.5 Å². The smallest absolute Gasteiger partial charge is 0.395 e. The number of halogens is 2. The zero-order chi connectivity index (χ0) is 20.0. The lowest BCUT2D eigenvalue weighted by molar-refractivity contribution is -0.286. The van der Waals surface area contributed by atoms with E-state index in [0.717, 1.165) is 5.82 Å². The highest BCUT2D eigenvalue weighted by molar-refractivity contribution is 6.06. The number of hydrogen-bond acceptors (Lipinski definition) is 7. The fraction of sp³-hybridized carbons (Fsp3) is 0.278. The van der Waals surface area contributed by atoms with Gasteiger partial charge in [0.15, 0.2) is 17.1 Å². The summed E-state index contributed by atoms with van der Waals surface area (Å²) in [7, 11) is 0. The van der Waals surface area contributed by atoms with Gasteiger partial charge in [-0.3, -0.25) is 4.79 Å². The summed E-state index contributed by atoms with van der Waals surface area (Å²) in [6, 6.07) is 7.50. The van der Waals surface area contributed by atoms with Crippen molar-refractivity contribution in [3.63, 3.8) is 0 Å². The quantitative estimate of drug-likeness (QED) is 0.717. The lowest BCUT2D eigenvalue weighted by atomic mass is 10.1. The maximum Gasteiger partial charge on any atom is 0.586 e. The molecule has 1 N–H and O–H groups in total. The topological polar surface area (TPSA) is 90.2 Å². The molecule has 0 aliphatic carbocycles. The molecule has 4 heterocycles. The van der Waals surface area contributed by atoms with Crippen LogP contribution in [0, 0.1) is 0 Å². The molecule has 0 spiro atoms. The normalized spacial score (nSPS) is 17.5. The fourth-order valence-electron chi connectivity index (χ4n) is 3.31. The van der Waals surface area contributed by atoms with Gasteiger partial charge < -0.3 is 24.4 Å². The SMILES string of the molecule is O=C(Nc1cc(N2CCOCC2)n2nccc2n1)c1cccc2c1OC(F)(F)O2. The highest BCUT2D eigenvalue weighted by Crippen LogP contribution is 2.43. The summed E-state index contributed by atoms with van der Waals surface area (Å²) >= 11 is 0. The van der Waals surface area contributed by atoms with Gasteiger partial charge in [0.1, 0.15) is 11.6 Å². The molecule has 11 heteroatoms. The van der Waals surface area contributed by atoms with Crippen molar-refractivity contribution < 1.29 is 27.8 Å². The standard InChI is InChI=1S/C18H15F2N5O4/c19-18(20)28-12-3-1-2-11(16(12)29-18)17(26)23-13-10-15(24-6-8-27-9-7-24)25-14(22-13)4-5-21-25/h1-5,10H,6-9H2,(H,22,23,26). The Bertz CT molecular complexity index is 1100. The van der Waals surface area contributed by atoms with E-state index in [1.165, 1.54) is 18.2 Å². The first-order valence-electron chi connectivity index (χ1n) is 8.88. The van der Waals surface area contributed by atoms with E-state index in [9.17, 15) is 13.6 Å². The van der Waals surface area contributed by atoms with Crippen LogP contribution in [0.2, 0.25) is 0 Å². The number of aromatic nitrogens is 3. The third-order valence-electron chi connectivity index (χ3n) is 4.59. The second-order valence-corrected chi connectivity index (χ2v) is 6.45. The number of alkyl halides is 2. The first-order valence-corrected chi connectivity index (χ1v) is 8.88. The van der Waals surface area contributed by atoms with Gasteiger partial charge in [-0.05, 0) is 12.1 Å². The number of hydrogen-bond donors (Lipinski definition) is 1. The number of carbonyl (C=O) groups excluding carboxylic acids is 1. The number of morpholine rings is 1. The molecule has 0 saturated carbocycles. The van der Waals surface area contributed by atoms with Crippen LogP contribution in [-0.2, 0) is 4.74 Å². The molecule has 9 nitrogen and oxygen atoms in total. The first-order chi connectivity index (χ1) is 14.0. The van der Waals surface area contributed by atoms with E-state index in [2.05, 4.69) is 29.8 Å². The van der Waals surface area contributed by atoms with Crippen LogP contribution < -0.4 is 19.7 Å². The molecule has 1 aromatic carbocycles. The zero-order valence-corrected chi connectivity index (χ0v) is 15.0. The summed E-state index contributed by atoms with van der Waals surface area (Å²) in [5.41, 5.74) is 0.455. The van der Waals surface area contributed by atoms with Gasteiger partial charge in [-0.15, -0.1) is 8.78 Å². The Balaban J connectivity index is 1.47. The maximum absolute atomic E-state index is 13.4. The molecule has 150 valence electrons. The first kappa shape index (κ1) is 17.6. The summed E-state index contributed by atoms with van der Waals surface area (Å²) in [5.74, 6) is -0.159. The molecule has 0 radical (unpaired) electrons. The van der Waals surface area contributed by atoms with Gasteiger partial charge in [0.05, 0.1) is 25.0 Å². The molecule has 1 amide bonds. The molecular formula is C18H15F2N5O4. The summed E-state index contributed by atoms with van der Waals surface area (Å²) in [5, 5.41) is 6.92. The van der Waals surface area contributed by atoms with Crippen LogP contribution in [0.5, 0.6) is 11.5 Å². The van der Waals surface area contributed by atoms with Crippen LogP contribution in [-0.4, -0.2) is 53.1 Å². The zero-order valence-electron chi connectivity index (χ0n) is 15.0. The van der Waals surface area contributed by atoms with Crippen molar-refractivity contribution in [1.29, 1.82) is 0 Å². The molecule has 5 rings (SSSR count). The van der Waals surface area contributed by atoms with Gasteiger partial charge in [0.25, 0.3) is 5.91 Å². The number of fused-ring (bicyclic) bond motifs is 2. The van der Waals surface area contributed by atoms with Crippen molar-refractivity contribution in [1.82, 2.24) is 14.6 Å². The molecule has 2 aromatic heterocycles. The van der Waals surface area contributed by atoms with E-state index in [1.807, 2.05) is 0 Å². The van der Waals surface area contributed by atoms with Crippen LogP contribution in [0.25, 0.3) is 5.65 Å². The lowest BCUT2D eigenvalue weighted by Crippen LogP contribution is -2.37. The van der Waals surface area contributed by atoms with Gasteiger partial charge >= 0.3 is 6.29 Å². The number of rotatable bonds is 3. The van der Waals surface area contributed by atoms with E-state index in [-0.39, 0.29) is 22.9 Å². The van der Waals surface area contributed by atoms with E-state index in [0.29, 0.717) is 32.0 Å². The van der Waals surface area contributed by atoms with Gasteiger partial charge in [-0.25, -0.2) is 4.98 Å². The Kier molecular flexibility index (Phi) is 3.98. The Labute approximate surface area is 162 Å². The minimum absolute atomic E-state index is 0.0808. The van der Waals surface area contributed by atoms with Crippen molar-refractivity contribution >= 4 is 23.2 Å². The number of nitrogens with zero attached hydrogens (tertiary/aromatic N) is 4. The van der Waals surface area contributed by atoms with E-state index in [4.69, 9.17) is 4.74 Å². The molecule has 0 bridgehead atoms. The number of para-hydroxylation sites is 1. The highest BCUT2D eigenvalue weighted by Gasteiger charge is 2.45. The van der Waals surface area contributed by atoms with Crippen LogP contribution in [0.15, 0.2) is 36.5 Å². The van der Waals surface area contributed by atoms with Gasteiger partial charge in [-0.1, -0.05) is 6.07 Å². The number of carbonyl (C=O) groups is 1. The van der Waals surface area contributed by atoms with Gasteiger partial charge in [-0.2, -0.15) is 9.61 Å². The monoisotopic (exact) mass is 403 g/mol. The summed E-state index contributed by atoms with van der Waals surface area (Å²) in [4.78, 5) is 19.2. The van der Waals surface area contributed by atoms with E-state index in [1.54, 1.807) is 22.8 Å². The lowest BCUT2D eigenvalue weighted by Gasteiger charge is -2.29. The molecule has 1 saturated heterocycles. The number of amides is 1. The van der Waals surface area contributed by atoms with Gasteiger partial charge in [0.2, 0.25) is 0 Å². The second kappa shape index (κ2) is 6.55. The third kappa shape index (κ3) is 3.18. The predicted molar refractivity (Wildman–Crippen MR) is 96.6 cm³/mol. The molecule has 0 unspecified atom stereocenters. The number of benzene rings is 1. The number of anilines is 2. The number of nitrogens with one attached hydrogen (secondary N) is 1. The maximum atomic E-state index is 13.4. The van der Waals surface area contributed by atoms with Crippen molar-refractivity contribution in [3.05, 3.63) is 42.1 Å². The molecule has 2 aliphatic heterocycles. The van der Waals surface area contributed by atoms with Crippen LogP contribution in [0.3, 0.4) is 0 Å². The largest absolute Gasteiger partial charge is 0.586 e. The second-order valence-electron chi connectivity index (χ2n) is 6.45. The van der Waals surface area contributed by atoms with Crippen LogP contribution in [0.4, 0.5) is 20.4 Å². The minimum atomic E-state index is -3.81. The molecule has 3 aromatic rings. The number of ether oxygens (including phenoxy) is 3. The average molecular weight is 403 g/mol. The molecule has 29 heavy (non-hydrogen) atoms. The van der Waals surface area contributed by atoms with Crippen molar-refractivity contribution in [2.24, 2.45) is 0 Å². The summed E-state index contributed by atoms with van der Waals surface area (Å²) < 4.78 is 42.7. The Morgan fingerprint density at radius 1 is 1.17 bits per heavy atom. The molecular weight excluding hydrogens is 388 g/mol. The van der Waals surface area contributed by atoms with E-state index < -0.39 is 12.2 Å². The van der Waals surface area contributed by atoms with Crippen molar-refractivity contribution in [2.75, 3.05) is 36.5 Å². The van der Waals surface area contributed by atoms with E-state index >= 15 is 0 Å². The highest BCUT2D eigenvalue weighted by atomic mass is 19.3. The third-order valence-corrected chi connectivity index (χ3v) is 4.59. The molecule has 0 atom stereocenters. The van der Waals surface area contributed by atoms with Crippen LogP contribution >= 0.6 is 0 Å². The Morgan fingerprint density at radius 3 is 2.83 bits per heavy atom. The fourth-order valence-corrected chi connectivity index (χ4v) is 3.31. The van der Waals surface area contributed by atoms with Gasteiger partial charge in [0, 0.05) is 25.2 Å². The molecule has 1 fully saturated rings. The minimum Gasteiger partial charge on any atom is -0.395 e. The average Bonchev–Trinajstić information content (AvgIpc) is 3.29. The molecule has 2 aliphatic rings. The van der Waals surface area contributed by atoms with Crippen molar-refractivity contribution in [2.45, 2.75) is 6.29 Å². The Morgan fingerprint density at radius 2 is 2.00 bits per heavy atom. The predicted octanol–water partition coefficient (Wildman–Crippen LogP) is 2.14. The summed E-state index contributed by atoms with van der Waals surface area (Å²) in [6.07, 6.45) is -2.20. The Hall–Kier alpha value is -3.47. The van der Waals surface area contributed by atoms with Crippen LogP contribution in [0.1, 0.15) is 10.4 Å². The summed E-state index contributed by atoms with van der Waals surface area (Å²) in [6.45, 7) is 2.49.